The second-order valence-electron chi connectivity index (χ2n) is 7.00. The van der Waals surface area contributed by atoms with Crippen LogP contribution in [0.1, 0.15) is 25.0 Å². The van der Waals surface area contributed by atoms with Gasteiger partial charge in [0, 0.05) is 24.2 Å². The van der Waals surface area contributed by atoms with Crippen molar-refractivity contribution in [3.8, 4) is 0 Å². The maximum absolute atomic E-state index is 9.16. The number of aliphatic hydroxyl groups excluding tert-OH is 2. The molecule has 0 saturated carbocycles. The molecule has 26 heavy (non-hydrogen) atoms. The van der Waals surface area contributed by atoms with E-state index >= 15 is 0 Å². The molecule has 0 radical (unpaired) electrons. The molecule has 0 fully saturated rings. The molecule has 1 aliphatic heterocycles. The highest BCUT2D eigenvalue weighted by molar-refractivity contribution is 6.10. The van der Waals surface area contributed by atoms with E-state index in [1.807, 2.05) is 35.2 Å². The van der Waals surface area contributed by atoms with Gasteiger partial charge in [-0.1, -0.05) is 50.3 Å². The predicted octanol–water partition coefficient (Wildman–Crippen LogP) is 3.55. The molecule has 4 nitrogen and oxygen atoms in total. The van der Waals surface area contributed by atoms with Crippen LogP contribution in [0.15, 0.2) is 59.6 Å². The number of aliphatic hydroxyl groups is 2. The third-order valence-corrected chi connectivity index (χ3v) is 4.89. The van der Waals surface area contributed by atoms with Crippen LogP contribution in [-0.2, 0) is 5.41 Å². The summed E-state index contributed by atoms with van der Waals surface area (Å²) in [7, 11) is 0. The SMILES string of the molecule is CC1(C)C(/C=C/c2ccc(N(CCO)CCO)cc2)=Nc2ccccc21. The lowest BCUT2D eigenvalue weighted by Gasteiger charge is -2.23. The highest BCUT2D eigenvalue weighted by atomic mass is 16.3. The van der Waals surface area contributed by atoms with Crippen molar-refractivity contribution in [2.45, 2.75) is 19.3 Å². The average molecular weight is 350 g/mol. The number of benzene rings is 2. The smallest absolute Gasteiger partial charge is 0.0674 e. The number of nitrogens with zero attached hydrogens (tertiary/aromatic N) is 2. The summed E-state index contributed by atoms with van der Waals surface area (Å²) in [5.74, 6) is 0. The van der Waals surface area contributed by atoms with Crippen molar-refractivity contribution in [1.82, 2.24) is 0 Å². The van der Waals surface area contributed by atoms with Gasteiger partial charge >= 0.3 is 0 Å². The van der Waals surface area contributed by atoms with E-state index in [0.717, 1.165) is 22.6 Å². The van der Waals surface area contributed by atoms with Crippen molar-refractivity contribution < 1.29 is 10.2 Å². The van der Waals surface area contributed by atoms with E-state index in [4.69, 9.17) is 15.2 Å². The van der Waals surface area contributed by atoms with E-state index in [2.05, 4.69) is 44.2 Å². The number of hydrogen-bond donors (Lipinski definition) is 2. The molecule has 1 aliphatic rings. The third kappa shape index (κ3) is 3.71. The number of para-hydroxylation sites is 1. The molecule has 0 bridgehead atoms. The normalized spacial score (nSPS) is 15.2. The molecule has 0 saturated heterocycles. The fourth-order valence-corrected chi connectivity index (χ4v) is 3.34. The fraction of sp³-hybridized carbons (Fsp3) is 0.318. The monoisotopic (exact) mass is 350 g/mol. The minimum atomic E-state index is -0.0912. The molecule has 0 amide bonds. The fourth-order valence-electron chi connectivity index (χ4n) is 3.34. The van der Waals surface area contributed by atoms with Gasteiger partial charge < -0.3 is 15.1 Å². The molecule has 0 aliphatic carbocycles. The van der Waals surface area contributed by atoms with Crippen molar-refractivity contribution in [3.63, 3.8) is 0 Å². The average Bonchev–Trinajstić information content (AvgIpc) is 2.91. The Morgan fingerprint density at radius 2 is 1.58 bits per heavy atom. The van der Waals surface area contributed by atoms with E-state index in [-0.39, 0.29) is 18.6 Å². The van der Waals surface area contributed by atoms with E-state index in [1.165, 1.54) is 5.56 Å². The number of aliphatic imine (C=N–C) groups is 1. The number of hydrogen-bond acceptors (Lipinski definition) is 4. The summed E-state index contributed by atoms with van der Waals surface area (Å²) in [4.78, 5) is 6.75. The maximum Gasteiger partial charge on any atom is 0.0674 e. The van der Waals surface area contributed by atoms with Gasteiger partial charge in [-0.3, -0.25) is 4.99 Å². The summed E-state index contributed by atoms with van der Waals surface area (Å²) in [6.45, 7) is 5.56. The Balaban J connectivity index is 1.76. The van der Waals surface area contributed by atoms with Crippen molar-refractivity contribution in [3.05, 3.63) is 65.7 Å². The van der Waals surface area contributed by atoms with Gasteiger partial charge in [0.05, 0.1) is 24.6 Å². The van der Waals surface area contributed by atoms with Crippen LogP contribution in [0, 0.1) is 0 Å². The van der Waals surface area contributed by atoms with Crippen molar-refractivity contribution in [2.24, 2.45) is 4.99 Å². The lowest BCUT2D eigenvalue weighted by Crippen LogP contribution is -2.29. The Morgan fingerprint density at radius 1 is 0.923 bits per heavy atom. The second kappa shape index (κ2) is 7.85. The van der Waals surface area contributed by atoms with Crippen molar-refractivity contribution in [1.29, 1.82) is 0 Å². The molecule has 3 rings (SSSR count). The van der Waals surface area contributed by atoms with E-state index < -0.39 is 0 Å². The third-order valence-electron chi connectivity index (χ3n) is 4.89. The highest BCUT2D eigenvalue weighted by Crippen LogP contribution is 2.40. The van der Waals surface area contributed by atoms with Gasteiger partial charge in [-0.25, -0.2) is 0 Å². The van der Waals surface area contributed by atoms with Crippen LogP contribution in [0.5, 0.6) is 0 Å². The van der Waals surface area contributed by atoms with Crippen molar-refractivity contribution in [2.75, 3.05) is 31.2 Å². The summed E-state index contributed by atoms with van der Waals surface area (Å²) < 4.78 is 0. The summed E-state index contributed by atoms with van der Waals surface area (Å²) in [5, 5.41) is 18.3. The zero-order valence-corrected chi connectivity index (χ0v) is 15.4. The molecule has 2 aromatic carbocycles. The Bertz CT molecular complexity index is 801. The molecule has 1 heterocycles. The Labute approximate surface area is 155 Å². The zero-order chi connectivity index (χ0) is 18.6. The Kier molecular flexibility index (Phi) is 5.55. The van der Waals surface area contributed by atoms with Crippen LogP contribution < -0.4 is 4.90 Å². The van der Waals surface area contributed by atoms with Crippen LogP contribution in [0.3, 0.4) is 0 Å². The van der Waals surface area contributed by atoms with Crippen LogP contribution in [0.2, 0.25) is 0 Å². The molecule has 0 aromatic heterocycles. The molecule has 136 valence electrons. The van der Waals surface area contributed by atoms with Gasteiger partial charge in [-0.2, -0.15) is 0 Å². The molecular weight excluding hydrogens is 324 g/mol. The van der Waals surface area contributed by atoms with Crippen LogP contribution >= 0.6 is 0 Å². The number of anilines is 1. The lowest BCUT2D eigenvalue weighted by atomic mass is 9.81. The number of allylic oxidation sites excluding steroid dienone is 1. The molecular formula is C22H26N2O2. The van der Waals surface area contributed by atoms with Gasteiger partial charge in [0.25, 0.3) is 0 Å². The Morgan fingerprint density at radius 3 is 2.19 bits per heavy atom. The van der Waals surface area contributed by atoms with Gasteiger partial charge in [0.2, 0.25) is 0 Å². The van der Waals surface area contributed by atoms with Gasteiger partial charge in [0.1, 0.15) is 0 Å². The standard InChI is InChI=1S/C22H26N2O2/c1-22(2)19-5-3-4-6-20(19)23-21(22)12-9-17-7-10-18(11-8-17)24(13-15-25)14-16-26/h3-12,25-26H,13-16H2,1-2H3/b12-9+. The van der Waals surface area contributed by atoms with Gasteiger partial charge in [-0.15, -0.1) is 0 Å². The van der Waals surface area contributed by atoms with E-state index in [1.54, 1.807) is 0 Å². The number of fused-ring (bicyclic) bond motifs is 1. The first-order chi connectivity index (χ1) is 12.6. The quantitative estimate of drug-likeness (QED) is 0.803. The lowest BCUT2D eigenvalue weighted by molar-refractivity contribution is 0.281. The number of rotatable bonds is 7. The van der Waals surface area contributed by atoms with Crippen LogP contribution in [-0.4, -0.2) is 42.2 Å². The van der Waals surface area contributed by atoms with E-state index in [0.29, 0.717) is 13.1 Å². The minimum Gasteiger partial charge on any atom is -0.395 e. The molecule has 2 aromatic rings. The molecule has 2 N–H and O–H groups in total. The first-order valence-electron chi connectivity index (χ1n) is 9.00. The highest BCUT2D eigenvalue weighted by Gasteiger charge is 2.32. The summed E-state index contributed by atoms with van der Waals surface area (Å²) in [6, 6.07) is 16.4. The Hall–Kier alpha value is -2.43. The van der Waals surface area contributed by atoms with Crippen LogP contribution in [0.25, 0.3) is 6.08 Å². The molecule has 4 heteroatoms. The minimum absolute atomic E-state index is 0.0666. The summed E-state index contributed by atoms with van der Waals surface area (Å²) in [5.41, 5.74) is 5.37. The first kappa shape index (κ1) is 18.4. The zero-order valence-electron chi connectivity index (χ0n) is 15.4. The summed E-state index contributed by atoms with van der Waals surface area (Å²) >= 11 is 0. The molecule has 0 unspecified atom stereocenters. The first-order valence-corrected chi connectivity index (χ1v) is 9.00. The predicted molar refractivity (Wildman–Crippen MR) is 108 cm³/mol. The van der Waals surface area contributed by atoms with Crippen LogP contribution in [0.4, 0.5) is 11.4 Å². The van der Waals surface area contributed by atoms with Gasteiger partial charge in [0.15, 0.2) is 0 Å². The largest absolute Gasteiger partial charge is 0.395 e. The summed E-state index contributed by atoms with van der Waals surface area (Å²) in [6.07, 6.45) is 4.17. The molecule has 0 spiro atoms. The van der Waals surface area contributed by atoms with E-state index in [9.17, 15) is 0 Å². The second-order valence-corrected chi connectivity index (χ2v) is 7.00. The maximum atomic E-state index is 9.16. The topological polar surface area (TPSA) is 56.1 Å². The molecule has 0 atom stereocenters. The van der Waals surface area contributed by atoms with Gasteiger partial charge in [-0.05, 0) is 35.4 Å². The van der Waals surface area contributed by atoms with Crippen molar-refractivity contribution >= 4 is 23.2 Å².